The Morgan fingerprint density at radius 2 is 1.79 bits per heavy atom. The molecule has 0 spiro atoms. The first-order chi connectivity index (χ1) is 11.6. The van der Waals surface area contributed by atoms with E-state index in [1.54, 1.807) is 30.4 Å². The Morgan fingerprint density at radius 1 is 1.04 bits per heavy atom. The van der Waals surface area contributed by atoms with Crippen LogP contribution in [0.25, 0.3) is 0 Å². The van der Waals surface area contributed by atoms with E-state index in [0.29, 0.717) is 12.3 Å². The van der Waals surface area contributed by atoms with Crippen LogP contribution in [-0.2, 0) is 30.4 Å². The maximum absolute atomic E-state index is 12.3. The average molecular weight is 329 g/mol. The molecular weight excluding hydrogens is 310 g/mol. The van der Waals surface area contributed by atoms with Crippen LogP contribution >= 0.6 is 0 Å². The van der Waals surface area contributed by atoms with Crippen LogP contribution in [0.2, 0.25) is 0 Å². The Bertz CT molecular complexity index is 718. The molecule has 0 aliphatic carbocycles. The third-order valence-corrected chi connectivity index (χ3v) is 3.39. The highest BCUT2D eigenvalue weighted by Crippen LogP contribution is 2.27. The lowest BCUT2D eigenvalue weighted by Gasteiger charge is -2.23. The molecule has 1 aromatic carbocycles. The number of nitrogens with zero attached hydrogens (tertiary/aromatic N) is 1. The number of rotatable bonds is 5. The molecule has 0 N–H and O–H groups in total. The minimum absolute atomic E-state index is 0.0870. The maximum atomic E-state index is 12.3. The molecule has 6 heteroatoms. The van der Waals surface area contributed by atoms with Crippen LogP contribution in [-0.4, -0.2) is 33.3 Å². The molecule has 1 aromatic rings. The summed E-state index contributed by atoms with van der Waals surface area (Å²) in [5.74, 6) is -1.25. The number of carbonyl (C=O) groups excluding carboxylic acids is 2. The first kappa shape index (κ1) is 17.5. The van der Waals surface area contributed by atoms with Crippen molar-refractivity contribution < 1.29 is 23.8 Å². The number of carbonyl (C=O) groups is 2. The monoisotopic (exact) mass is 329 g/mol. The second kappa shape index (κ2) is 8.12. The number of benzene rings is 1. The van der Waals surface area contributed by atoms with Gasteiger partial charge in [-0.1, -0.05) is 18.2 Å². The number of hydrogen-bond acceptors (Lipinski definition) is 6. The molecule has 1 aliphatic rings. The molecule has 0 fully saturated rings. The van der Waals surface area contributed by atoms with E-state index >= 15 is 0 Å². The molecule has 24 heavy (non-hydrogen) atoms. The highest BCUT2D eigenvalue weighted by molar-refractivity contribution is 6.05. The van der Waals surface area contributed by atoms with Crippen molar-refractivity contribution in [2.75, 3.05) is 26.2 Å². The Labute approximate surface area is 140 Å². The van der Waals surface area contributed by atoms with Crippen LogP contribution in [0.1, 0.15) is 5.56 Å². The summed E-state index contributed by atoms with van der Waals surface area (Å²) in [6, 6.07) is 7.46. The van der Waals surface area contributed by atoms with Crippen molar-refractivity contribution in [1.82, 2.24) is 0 Å². The van der Waals surface area contributed by atoms with Crippen molar-refractivity contribution in [1.29, 1.82) is 0 Å². The van der Waals surface area contributed by atoms with Crippen molar-refractivity contribution in [3.05, 3.63) is 65.5 Å². The molecule has 0 radical (unpaired) electrons. The van der Waals surface area contributed by atoms with Gasteiger partial charge in [0, 0.05) is 19.0 Å². The molecule has 6 nitrogen and oxygen atoms in total. The number of esters is 2. The van der Waals surface area contributed by atoms with Gasteiger partial charge in [0.1, 0.15) is 5.70 Å². The zero-order chi connectivity index (χ0) is 17.5. The van der Waals surface area contributed by atoms with E-state index in [1.807, 2.05) is 24.3 Å². The predicted molar refractivity (Wildman–Crippen MR) is 89.0 cm³/mol. The van der Waals surface area contributed by atoms with E-state index in [4.69, 9.17) is 14.2 Å². The van der Waals surface area contributed by atoms with Crippen molar-refractivity contribution in [3.63, 3.8) is 0 Å². The van der Waals surface area contributed by atoms with Crippen LogP contribution in [0.3, 0.4) is 0 Å². The summed E-state index contributed by atoms with van der Waals surface area (Å²) in [6.45, 7) is 0.435. The first-order valence-corrected chi connectivity index (χ1v) is 7.25. The molecule has 0 atom stereocenters. The van der Waals surface area contributed by atoms with E-state index in [0.717, 1.165) is 5.56 Å². The van der Waals surface area contributed by atoms with E-state index in [2.05, 4.69) is 0 Å². The SMILES string of the molecule is COCc1cccc(N2C=CC=CC(C(=O)OC)=C2C(=O)OC)c1. The lowest BCUT2D eigenvalue weighted by molar-refractivity contribution is -0.139. The van der Waals surface area contributed by atoms with Crippen LogP contribution < -0.4 is 4.90 Å². The maximum Gasteiger partial charge on any atom is 0.355 e. The molecule has 0 unspecified atom stereocenters. The molecule has 1 aliphatic heterocycles. The molecule has 0 aromatic heterocycles. The normalized spacial score (nSPS) is 13.7. The third-order valence-electron chi connectivity index (χ3n) is 3.39. The van der Waals surface area contributed by atoms with Gasteiger partial charge >= 0.3 is 11.9 Å². The van der Waals surface area contributed by atoms with E-state index in [-0.39, 0.29) is 11.3 Å². The minimum atomic E-state index is -0.635. The topological polar surface area (TPSA) is 65.1 Å². The quantitative estimate of drug-likeness (QED) is 0.773. The number of ether oxygens (including phenoxy) is 3. The van der Waals surface area contributed by atoms with Crippen LogP contribution in [0, 0.1) is 0 Å². The highest BCUT2D eigenvalue weighted by atomic mass is 16.5. The lowest BCUT2D eigenvalue weighted by Crippen LogP contribution is -2.27. The fraction of sp³-hybridized carbons (Fsp3) is 0.222. The molecule has 0 bridgehead atoms. The lowest BCUT2D eigenvalue weighted by atomic mass is 10.1. The van der Waals surface area contributed by atoms with E-state index in [1.165, 1.54) is 20.3 Å². The molecule has 0 amide bonds. The van der Waals surface area contributed by atoms with Crippen LogP contribution in [0.4, 0.5) is 5.69 Å². The first-order valence-electron chi connectivity index (χ1n) is 7.25. The summed E-state index contributed by atoms with van der Waals surface area (Å²) in [5, 5.41) is 0. The second-order valence-electron chi connectivity index (χ2n) is 4.92. The fourth-order valence-electron chi connectivity index (χ4n) is 2.33. The van der Waals surface area contributed by atoms with Gasteiger partial charge in [-0.15, -0.1) is 0 Å². The average Bonchev–Trinajstić information content (AvgIpc) is 2.83. The van der Waals surface area contributed by atoms with E-state index in [9.17, 15) is 9.59 Å². The van der Waals surface area contributed by atoms with Crippen molar-refractivity contribution in [2.24, 2.45) is 0 Å². The number of methoxy groups -OCH3 is 3. The van der Waals surface area contributed by atoms with Gasteiger partial charge in [-0.05, 0) is 29.8 Å². The van der Waals surface area contributed by atoms with Gasteiger partial charge in [0.15, 0.2) is 0 Å². The fourth-order valence-corrected chi connectivity index (χ4v) is 2.33. The summed E-state index contributed by atoms with van der Waals surface area (Å²) in [5.41, 5.74) is 1.84. The third kappa shape index (κ3) is 3.72. The largest absolute Gasteiger partial charge is 0.465 e. The summed E-state index contributed by atoms with van der Waals surface area (Å²) >= 11 is 0. The summed E-state index contributed by atoms with van der Waals surface area (Å²) < 4.78 is 14.8. The summed E-state index contributed by atoms with van der Waals surface area (Å²) in [7, 11) is 4.14. The van der Waals surface area contributed by atoms with Gasteiger partial charge in [-0.25, -0.2) is 9.59 Å². The number of hydrogen-bond donors (Lipinski definition) is 0. The van der Waals surface area contributed by atoms with Gasteiger partial charge in [-0.3, -0.25) is 0 Å². The molecule has 1 heterocycles. The summed E-state index contributed by atoms with van der Waals surface area (Å²) in [4.78, 5) is 26.0. The van der Waals surface area contributed by atoms with Crippen LogP contribution in [0.15, 0.2) is 60.0 Å². The Hall–Kier alpha value is -2.86. The van der Waals surface area contributed by atoms with E-state index < -0.39 is 11.9 Å². The zero-order valence-electron chi connectivity index (χ0n) is 13.8. The second-order valence-corrected chi connectivity index (χ2v) is 4.92. The van der Waals surface area contributed by atoms with Gasteiger partial charge in [0.25, 0.3) is 0 Å². The standard InChI is InChI=1S/C18H19NO5/c1-22-12-13-7-6-8-14(11-13)19-10-5-4-9-15(17(20)23-2)16(19)18(21)24-3/h4-11H,12H2,1-3H3. The Balaban J connectivity index is 2.59. The summed E-state index contributed by atoms with van der Waals surface area (Å²) in [6.07, 6.45) is 6.59. The zero-order valence-corrected chi connectivity index (χ0v) is 13.8. The van der Waals surface area contributed by atoms with Crippen molar-refractivity contribution in [3.8, 4) is 0 Å². The Kier molecular flexibility index (Phi) is 5.92. The number of allylic oxidation sites excluding steroid dienone is 2. The molecule has 126 valence electrons. The molecular formula is C18H19NO5. The Morgan fingerprint density at radius 3 is 2.46 bits per heavy atom. The number of anilines is 1. The van der Waals surface area contributed by atoms with Crippen molar-refractivity contribution >= 4 is 17.6 Å². The van der Waals surface area contributed by atoms with Gasteiger partial charge < -0.3 is 19.1 Å². The van der Waals surface area contributed by atoms with Crippen molar-refractivity contribution in [2.45, 2.75) is 6.61 Å². The molecule has 0 saturated heterocycles. The van der Waals surface area contributed by atoms with Gasteiger partial charge in [0.05, 0.1) is 26.4 Å². The highest BCUT2D eigenvalue weighted by Gasteiger charge is 2.27. The predicted octanol–water partition coefficient (Wildman–Crippen LogP) is 2.32. The minimum Gasteiger partial charge on any atom is -0.465 e. The molecule has 2 rings (SSSR count). The molecule has 0 saturated carbocycles. The van der Waals surface area contributed by atoms with Gasteiger partial charge in [-0.2, -0.15) is 0 Å². The van der Waals surface area contributed by atoms with Crippen LogP contribution in [0.5, 0.6) is 0 Å². The van der Waals surface area contributed by atoms with Gasteiger partial charge in [0.2, 0.25) is 0 Å². The smallest absolute Gasteiger partial charge is 0.355 e.